The molecule has 1 aromatic carbocycles. The largest absolute Gasteiger partial charge is 0.298 e. The number of hydrogen-bond acceptors (Lipinski definition) is 2. The van der Waals surface area contributed by atoms with Gasteiger partial charge in [0.25, 0.3) is 6.43 Å². The van der Waals surface area contributed by atoms with Gasteiger partial charge in [-0.15, -0.1) is 0 Å². The first-order valence-corrected chi connectivity index (χ1v) is 4.43. The van der Waals surface area contributed by atoms with Crippen LogP contribution >= 0.6 is 11.6 Å². The Labute approximate surface area is 89.8 Å². The second-order valence-electron chi connectivity index (χ2n) is 2.90. The Hall–Kier alpha value is -1.29. The third-order valence-corrected chi connectivity index (χ3v) is 2.28. The van der Waals surface area contributed by atoms with Gasteiger partial charge in [-0.1, -0.05) is 11.6 Å². The van der Waals surface area contributed by atoms with E-state index in [9.17, 15) is 18.4 Å². The summed E-state index contributed by atoms with van der Waals surface area (Å²) in [5, 5.41) is -0.211. The molecule has 0 aromatic heterocycles. The van der Waals surface area contributed by atoms with Crippen molar-refractivity contribution in [3.63, 3.8) is 0 Å². The monoisotopic (exact) mass is 232 g/mol. The number of hydrogen-bond donors (Lipinski definition) is 0. The molecule has 0 aliphatic heterocycles. The fourth-order valence-corrected chi connectivity index (χ4v) is 1.51. The first kappa shape index (κ1) is 11.8. The van der Waals surface area contributed by atoms with Gasteiger partial charge in [0.2, 0.25) is 0 Å². The summed E-state index contributed by atoms with van der Waals surface area (Å²) in [6.45, 7) is 1.20. The zero-order valence-corrected chi connectivity index (χ0v) is 8.52. The van der Waals surface area contributed by atoms with Crippen LogP contribution in [-0.2, 0) is 0 Å². The molecule has 0 N–H and O–H groups in total. The maximum Gasteiger partial charge on any atom is 0.266 e. The third-order valence-electron chi connectivity index (χ3n) is 1.95. The van der Waals surface area contributed by atoms with Crippen LogP contribution in [0.3, 0.4) is 0 Å². The van der Waals surface area contributed by atoms with Crippen LogP contribution in [0.1, 0.15) is 39.6 Å². The molecule has 5 heteroatoms. The van der Waals surface area contributed by atoms with Crippen LogP contribution in [-0.4, -0.2) is 12.1 Å². The number of alkyl halides is 2. The average molecular weight is 233 g/mol. The second kappa shape index (κ2) is 4.49. The quantitative estimate of drug-likeness (QED) is 0.592. The van der Waals surface area contributed by atoms with Crippen molar-refractivity contribution in [3.8, 4) is 0 Å². The molecule has 0 radical (unpaired) electrons. The Balaban J connectivity index is 3.54. The number of aldehydes is 1. The van der Waals surface area contributed by atoms with Crippen molar-refractivity contribution in [2.45, 2.75) is 13.3 Å². The van der Waals surface area contributed by atoms with Crippen molar-refractivity contribution in [2.75, 3.05) is 0 Å². The van der Waals surface area contributed by atoms with E-state index >= 15 is 0 Å². The molecule has 2 nitrogen and oxygen atoms in total. The van der Waals surface area contributed by atoms with Crippen molar-refractivity contribution in [3.05, 3.63) is 33.8 Å². The lowest BCUT2D eigenvalue weighted by Gasteiger charge is -2.09. The normalized spacial score (nSPS) is 10.5. The Morgan fingerprint density at radius 2 is 2.07 bits per heavy atom. The number of carbonyl (C=O) groups excluding carboxylic acids is 2. The molecule has 0 bridgehead atoms. The van der Waals surface area contributed by atoms with Gasteiger partial charge in [0, 0.05) is 16.7 Å². The molecule has 80 valence electrons. The topological polar surface area (TPSA) is 34.1 Å². The molecule has 0 spiro atoms. The van der Waals surface area contributed by atoms with Crippen LogP contribution in [0, 0.1) is 0 Å². The van der Waals surface area contributed by atoms with Gasteiger partial charge >= 0.3 is 0 Å². The van der Waals surface area contributed by atoms with E-state index in [1.54, 1.807) is 0 Å². The average Bonchev–Trinajstić information content (AvgIpc) is 2.15. The van der Waals surface area contributed by atoms with Crippen LogP contribution in [0.15, 0.2) is 12.1 Å². The van der Waals surface area contributed by atoms with E-state index in [0.717, 1.165) is 0 Å². The standard InChI is InChI=1S/C10H7ClF2O2/c1-5(15)6-2-3-8(11)9(10(12)13)7(6)4-14/h2-4,10H,1H3. The number of benzene rings is 1. The molecule has 0 heterocycles. The van der Waals surface area contributed by atoms with E-state index in [0.29, 0.717) is 0 Å². The van der Waals surface area contributed by atoms with E-state index < -0.39 is 17.8 Å². The van der Waals surface area contributed by atoms with Crippen molar-refractivity contribution < 1.29 is 18.4 Å². The smallest absolute Gasteiger partial charge is 0.266 e. The van der Waals surface area contributed by atoms with E-state index in [4.69, 9.17) is 11.6 Å². The maximum absolute atomic E-state index is 12.6. The molecule has 0 saturated carbocycles. The molecular weight excluding hydrogens is 226 g/mol. The number of carbonyl (C=O) groups is 2. The third kappa shape index (κ3) is 2.21. The van der Waals surface area contributed by atoms with Gasteiger partial charge in [-0.3, -0.25) is 9.59 Å². The zero-order chi connectivity index (χ0) is 11.6. The fourth-order valence-electron chi connectivity index (χ4n) is 1.27. The highest BCUT2D eigenvalue weighted by Gasteiger charge is 2.21. The molecule has 15 heavy (non-hydrogen) atoms. The summed E-state index contributed by atoms with van der Waals surface area (Å²) in [7, 11) is 0. The number of rotatable bonds is 3. The number of ketones is 1. The minimum absolute atomic E-state index is 0.0373. The first-order chi connectivity index (χ1) is 6.99. The summed E-state index contributed by atoms with van der Waals surface area (Å²) >= 11 is 5.53. The minimum atomic E-state index is -2.88. The Morgan fingerprint density at radius 3 is 2.47 bits per heavy atom. The number of Topliss-reactive ketones (excluding diaryl/α,β-unsaturated/α-hetero) is 1. The molecule has 1 aromatic rings. The summed E-state index contributed by atoms with van der Waals surface area (Å²) in [4.78, 5) is 21.7. The Bertz CT molecular complexity index is 416. The summed E-state index contributed by atoms with van der Waals surface area (Å²) in [6, 6.07) is 2.45. The van der Waals surface area contributed by atoms with E-state index in [1.807, 2.05) is 0 Å². The molecular formula is C10H7ClF2O2. The van der Waals surface area contributed by atoms with Crippen LogP contribution in [0.25, 0.3) is 0 Å². The van der Waals surface area contributed by atoms with E-state index in [1.165, 1.54) is 19.1 Å². The highest BCUT2D eigenvalue weighted by molar-refractivity contribution is 6.32. The van der Waals surface area contributed by atoms with Crippen molar-refractivity contribution in [1.82, 2.24) is 0 Å². The van der Waals surface area contributed by atoms with Gasteiger partial charge in [-0.2, -0.15) is 0 Å². The van der Waals surface area contributed by atoms with Crippen LogP contribution in [0.2, 0.25) is 5.02 Å². The molecule has 0 saturated heterocycles. The minimum Gasteiger partial charge on any atom is -0.298 e. The molecule has 0 aliphatic carbocycles. The molecule has 0 unspecified atom stereocenters. The predicted molar refractivity (Wildman–Crippen MR) is 51.8 cm³/mol. The molecule has 1 rings (SSSR count). The van der Waals surface area contributed by atoms with Gasteiger partial charge < -0.3 is 0 Å². The highest BCUT2D eigenvalue weighted by Crippen LogP contribution is 2.31. The lowest BCUT2D eigenvalue weighted by molar-refractivity contribution is 0.100. The van der Waals surface area contributed by atoms with Crippen molar-refractivity contribution >= 4 is 23.7 Å². The van der Waals surface area contributed by atoms with Gasteiger partial charge in [-0.05, 0) is 19.1 Å². The molecule has 0 fully saturated rings. The van der Waals surface area contributed by atoms with Gasteiger partial charge in [-0.25, -0.2) is 8.78 Å². The zero-order valence-electron chi connectivity index (χ0n) is 7.76. The lowest BCUT2D eigenvalue weighted by atomic mass is 9.99. The highest BCUT2D eigenvalue weighted by atomic mass is 35.5. The predicted octanol–water partition coefficient (Wildman–Crippen LogP) is 3.29. The first-order valence-electron chi connectivity index (χ1n) is 4.05. The maximum atomic E-state index is 12.6. The van der Waals surface area contributed by atoms with E-state index in [2.05, 4.69) is 0 Å². The number of halogens is 3. The van der Waals surface area contributed by atoms with Crippen molar-refractivity contribution in [2.24, 2.45) is 0 Å². The fraction of sp³-hybridized carbons (Fsp3) is 0.200. The molecule has 0 amide bonds. The van der Waals surface area contributed by atoms with Crippen molar-refractivity contribution in [1.29, 1.82) is 0 Å². The Kier molecular flexibility index (Phi) is 3.52. The Morgan fingerprint density at radius 1 is 1.47 bits per heavy atom. The summed E-state index contributed by atoms with van der Waals surface area (Å²) in [5.41, 5.74) is -0.950. The SMILES string of the molecule is CC(=O)c1ccc(Cl)c(C(F)F)c1C=O. The molecule has 0 atom stereocenters. The van der Waals surface area contributed by atoms with Gasteiger partial charge in [0.1, 0.15) is 0 Å². The summed E-state index contributed by atoms with van der Waals surface area (Å²) in [6.07, 6.45) is -2.65. The lowest BCUT2D eigenvalue weighted by Crippen LogP contribution is -2.04. The summed E-state index contributed by atoms with van der Waals surface area (Å²) in [5.74, 6) is -0.448. The van der Waals surface area contributed by atoms with Crippen LogP contribution in [0.5, 0.6) is 0 Å². The van der Waals surface area contributed by atoms with E-state index in [-0.39, 0.29) is 22.4 Å². The van der Waals surface area contributed by atoms with Crippen LogP contribution < -0.4 is 0 Å². The second-order valence-corrected chi connectivity index (χ2v) is 3.30. The van der Waals surface area contributed by atoms with Gasteiger partial charge in [0.15, 0.2) is 12.1 Å². The van der Waals surface area contributed by atoms with Crippen LogP contribution in [0.4, 0.5) is 8.78 Å². The summed E-state index contributed by atoms with van der Waals surface area (Å²) < 4.78 is 25.1. The van der Waals surface area contributed by atoms with Gasteiger partial charge in [0.05, 0.1) is 5.02 Å². The molecule has 0 aliphatic rings.